The molecule has 1 aromatic heterocycles. The van der Waals surface area contributed by atoms with E-state index in [9.17, 15) is 0 Å². The molecule has 0 saturated carbocycles. The number of nitrogens with zero attached hydrogens (tertiary/aromatic N) is 3. The van der Waals surface area contributed by atoms with Crippen LogP contribution in [0.1, 0.15) is 18.2 Å². The predicted molar refractivity (Wildman–Crippen MR) is 74.9 cm³/mol. The number of hydrogen-bond donors (Lipinski definition) is 0. The summed E-state index contributed by atoms with van der Waals surface area (Å²) in [6.07, 6.45) is 0. The molecule has 0 spiro atoms. The monoisotopic (exact) mass is 261 g/mol. The molecule has 0 amide bonds. The molecule has 2 aromatic rings. The number of aryl methyl sites for hydroxylation is 1. The van der Waals surface area contributed by atoms with E-state index in [2.05, 4.69) is 53.2 Å². The Labute approximate surface area is 112 Å². The molecule has 0 bridgehead atoms. The molecule has 1 heterocycles. The fourth-order valence-electron chi connectivity index (χ4n) is 1.91. The molecule has 2 rings (SSSR count). The molecule has 0 radical (unpaired) electrons. The van der Waals surface area contributed by atoms with E-state index in [0.717, 1.165) is 18.8 Å². The summed E-state index contributed by atoms with van der Waals surface area (Å²) in [6, 6.07) is 12.0. The first-order valence-corrected chi connectivity index (χ1v) is 6.37. The maximum absolute atomic E-state index is 5.74. The quantitative estimate of drug-likeness (QED) is 0.844. The third kappa shape index (κ3) is 2.99. The van der Waals surface area contributed by atoms with Crippen LogP contribution in [0.2, 0.25) is 5.15 Å². The van der Waals surface area contributed by atoms with Crippen LogP contribution in [0.4, 0.5) is 5.69 Å². The Balaban J connectivity index is 2.20. The molecule has 18 heavy (non-hydrogen) atoms. The number of hydrogen-bond acceptors (Lipinski definition) is 3. The number of benzene rings is 1. The van der Waals surface area contributed by atoms with Crippen LogP contribution in [-0.2, 0) is 6.54 Å². The van der Waals surface area contributed by atoms with Crippen LogP contribution in [0.3, 0.4) is 0 Å². The number of halogens is 1. The Hall–Kier alpha value is -1.61. The highest BCUT2D eigenvalue weighted by atomic mass is 35.5. The van der Waals surface area contributed by atoms with Crippen LogP contribution >= 0.6 is 11.6 Å². The lowest BCUT2D eigenvalue weighted by Gasteiger charge is -2.24. The van der Waals surface area contributed by atoms with Gasteiger partial charge in [0.1, 0.15) is 0 Å². The SMILES string of the molecule is CCN(Cc1ccc(Cl)nn1)c1ccccc1C. The summed E-state index contributed by atoms with van der Waals surface area (Å²) in [6.45, 7) is 5.92. The third-order valence-corrected chi connectivity index (χ3v) is 3.08. The lowest BCUT2D eigenvalue weighted by molar-refractivity contribution is 0.784. The summed E-state index contributed by atoms with van der Waals surface area (Å²) in [5, 5.41) is 8.40. The van der Waals surface area contributed by atoms with Crippen LogP contribution in [0.5, 0.6) is 0 Å². The summed E-state index contributed by atoms with van der Waals surface area (Å²) >= 11 is 5.74. The van der Waals surface area contributed by atoms with Crippen molar-refractivity contribution in [3.63, 3.8) is 0 Å². The zero-order valence-electron chi connectivity index (χ0n) is 10.6. The molecule has 3 nitrogen and oxygen atoms in total. The topological polar surface area (TPSA) is 29.0 Å². The minimum Gasteiger partial charge on any atom is -0.366 e. The van der Waals surface area contributed by atoms with Gasteiger partial charge >= 0.3 is 0 Å². The van der Waals surface area contributed by atoms with E-state index in [1.165, 1.54) is 11.3 Å². The molecule has 0 fully saturated rings. The maximum atomic E-state index is 5.74. The standard InChI is InChI=1S/C14H16ClN3/c1-3-18(13-7-5-4-6-11(13)2)10-12-8-9-14(15)17-16-12/h4-9H,3,10H2,1-2H3. The van der Waals surface area contributed by atoms with Gasteiger partial charge < -0.3 is 4.90 Å². The summed E-state index contributed by atoms with van der Waals surface area (Å²) in [5.41, 5.74) is 3.42. The normalized spacial score (nSPS) is 10.4. The van der Waals surface area contributed by atoms with E-state index < -0.39 is 0 Å². The van der Waals surface area contributed by atoms with Crippen LogP contribution in [0.25, 0.3) is 0 Å². The predicted octanol–water partition coefficient (Wildman–Crippen LogP) is 3.46. The first-order chi connectivity index (χ1) is 8.70. The molecule has 0 N–H and O–H groups in total. The van der Waals surface area contributed by atoms with Crippen molar-refractivity contribution in [2.45, 2.75) is 20.4 Å². The molecule has 0 saturated heterocycles. The first-order valence-electron chi connectivity index (χ1n) is 5.99. The summed E-state index contributed by atoms with van der Waals surface area (Å²) < 4.78 is 0. The maximum Gasteiger partial charge on any atom is 0.151 e. The average molecular weight is 262 g/mol. The number of anilines is 1. The van der Waals surface area contributed by atoms with Gasteiger partial charge in [0, 0.05) is 12.2 Å². The van der Waals surface area contributed by atoms with E-state index in [4.69, 9.17) is 11.6 Å². The largest absolute Gasteiger partial charge is 0.366 e. The summed E-state index contributed by atoms with van der Waals surface area (Å²) in [7, 11) is 0. The van der Waals surface area contributed by atoms with E-state index in [1.807, 2.05) is 6.07 Å². The van der Waals surface area contributed by atoms with Gasteiger partial charge in [-0.2, -0.15) is 5.10 Å². The molecule has 0 aliphatic rings. The number of rotatable bonds is 4. The van der Waals surface area contributed by atoms with Crippen molar-refractivity contribution in [2.75, 3.05) is 11.4 Å². The van der Waals surface area contributed by atoms with E-state index in [1.54, 1.807) is 6.07 Å². The van der Waals surface area contributed by atoms with Gasteiger partial charge in [0.25, 0.3) is 0 Å². The van der Waals surface area contributed by atoms with Crippen molar-refractivity contribution in [2.24, 2.45) is 0 Å². The molecular weight excluding hydrogens is 246 g/mol. The van der Waals surface area contributed by atoms with Gasteiger partial charge in [0.15, 0.2) is 5.15 Å². The van der Waals surface area contributed by atoms with Gasteiger partial charge in [0.2, 0.25) is 0 Å². The highest BCUT2D eigenvalue weighted by Crippen LogP contribution is 2.20. The van der Waals surface area contributed by atoms with Crippen molar-refractivity contribution in [3.8, 4) is 0 Å². The van der Waals surface area contributed by atoms with Gasteiger partial charge in [-0.05, 0) is 37.6 Å². The zero-order valence-corrected chi connectivity index (χ0v) is 11.4. The average Bonchev–Trinajstić information content (AvgIpc) is 2.39. The Morgan fingerprint density at radius 2 is 1.89 bits per heavy atom. The molecule has 94 valence electrons. The number of para-hydroxylation sites is 1. The smallest absolute Gasteiger partial charge is 0.151 e. The van der Waals surface area contributed by atoms with Crippen LogP contribution in [0.15, 0.2) is 36.4 Å². The zero-order chi connectivity index (χ0) is 13.0. The molecule has 0 aliphatic carbocycles. The minimum absolute atomic E-state index is 0.428. The van der Waals surface area contributed by atoms with Gasteiger partial charge in [-0.3, -0.25) is 0 Å². The Morgan fingerprint density at radius 1 is 1.11 bits per heavy atom. The van der Waals surface area contributed by atoms with E-state index in [0.29, 0.717) is 5.15 Å². The molecule has 0 unspecified atom stereocenters. The van der Waals surface area contributed by atoms with E-state index >= 15 is 0 Å². The van der Waals surface area contributed by atoms with E-state index in [-0.39, 0.29) is 0 Å². The van der Waals surface area contributed by atoms with Gasteiger partial charge in [-0.25, -0.2) is 0 Å². The van der Waals surface area contributed by atoms with Crippen LogP contribution in [-0.4, -0.2) is 16.7 Å². The summed E-state index contributed by atoms with van der Waals surface area (Å²) in [5.74, 6) is 0. The fourth-order valence-corrected chi connectivity index (χ4v) is 2.01. The van der Waals surface area contributed by atoms with Gasteiger partial charge in [-0.1, -0.05) is 29.8 Å². The van der Waals surface area contributed by atoms with Crippen molar-refractivity contribution in [3.05, 3.63) is 52.8 Å². The van der Waals surface area contributed by atoms with Crippen molar-refractivity contribution < 1.29 is 0 Å². The molecule has 0 aliphatic heterocycles. The van der Waals surface area contributed by atoms with Crippen molar-refractivity contribution >= 4 is 17.3 Å². The fraction of sp³-hybridized carbons (Fsp3) is 0.286. The minimum atomic E-state index is 0.428. The number of aromatic nitrogens is 2. The van der Waals surface area contributed by atoms with Crippen molar-refractivity contribution in [1.82, 2.24) is 10.2 Å². The molecule has 0 atom stereocenters. The Bertz CT molecular complexity index is 511. The third-order valence-electron chi connectivity index (χ3n) is 2.88. The van der Waals surface area contributed by atoms with Gasteiger partial charge in [0.05, 0.1) is 12.2 Å². The highest BCUT2D eigenvalue weighted by Gasteiger charge is 2.08. The molecular formula is C14H16ClN3. The second kappa shape index (κ2) is 5.83. The first kappa shape index (κ1) is 12.8. The highest BCUT2D eigenvalue weighted by molar-refractivity contribution is 6.29. The van der Waals surface area contributed by atoms with Crippen LogP contribution < -0.4 is 4.90 Å². The van der Waals surface area contributed by atoms with Crippen LogP contribution in [0, 0.1) is 6.92 Å². The second-order valence-electron chi connectivity index (χ2n) is 4.15. The Kier molecular flexibility index (Phi) is 4.15. The lowest BCUT2D eigenvalue weighted by Crippen LogP contribution is -2.23. The lowest BCUT2D eigenvalue weighted by atomic mass is 10.1. The Morgan fingerprint density at radius 3 is 2.50 bits per heavy atom. The summed E-state index contributed by atoms with van der Waals surface area (Å²) in [4.78, 5) is 2.27. The van der Waals surface area contributed by atoms with Gasteiger partial charge in [-0.15, -0.1) is 5.10 Å². The molecule has 1 aromatic carbocycles. The van der Waals surface area contributed by atoms with Crippen molar-refractivity contribution in [1.29, 1.82) is 0 Å². The molecule has 4 heteroatoms. The second-order valence-corrected chi connectivity index (χ2v) is 4.54.